The summed E-state index contributed by atoms with van der Waals surface area (Å²) < 4.78 is 13.4. The molecule has 1 unspecified atom stereocenters. The largest absolute Gasteiger partial charge is 0.508 e. The lowest BCUT2D eigenvalue weighted by molar-refractivity contribution is 0.0934. The van der Waals surface area contributed by atoms with Gasteiger partial charge < -0.3 is 10.4 Å². The van der Waals surface area contributed by atoms with Crippen LogP contribution in [0.25, 0.3) is 0 Å². The summed E-state index contributed by atoms with van der Waals surface area (Å²) in [5, 5.41) is 11.7. The van der Waals surface area contributed by atoms with E-state index in [0.717, 1.165) is 18.9 Å². The number of phenolic OH excluding ortho intramolecular Hbond substituents is 1. The summed E-state index contributed by atoms with van der Waals surface area (Å²) in [6.07, 6.45) is 1.54. The van der Waals surface area contributed by atoms with Crippen molar-refractivity contribution in [2.75, 3.05) is 5.88 Å². The summed E-state index contributed by atoms with van der Waals surface area (Å²) in [6.45, 7) is 1.84. The number of carbonyl (C=O) groups excluding carboxylic acids is 1. The maximum absolute atomic E-state index is 13.4. The van der Waals surface area contributed by atoms with E-state index < -0.39 is 11.7 Å². The Morgan fingerprint density at radius 2 is 2.29 bits per heavy atom. The van der Waals surface area contributed by atoms with Gasteiger partial charge in [0.05, 0.1) is 5.56 Å². The summed E-state index contributed by atoms with van der Waals surface area (Å²) >= 11 is 5.54. The normalized spacial score (nSPS) is 12.2. The number of rotatable bonds is 5. The Bertz CT molecular complexity index is 398. The molecule has 0 saturated heterocycles. The van der Waals surface area contributed by atoms with Gasteiger partial charge in [0.15, 0.2) is 0 Å². The van der Waals surface area contributed by atoms with Crippen LogP contribution in [0.2, 0.25) is 0 Å². The molecule has 3 nitrogen and oxygen atoms in total. The SMILES string of the molecule is CC(CCCCl)NC(=O)c1ccc(O)cc1F. The Kier molecular flexibility index (Phi) is 5.22. The van der Waals surface area contributed by atoms with E-state index in [2.05, 4.69) is 5.32 Å². The van der Waals surface area contributed by atoms with Gasteiger partial charge in [-0.1, -0.05) is 0 Å². The third kappa shape index (κ3) is 4.23. The van der Waals surface area contributed by atoms with Crippen molar-refractivity contribution in [2.45, 2.75) is 25.8 Å². The molecule has 0 radical (unpaired) electrons. The van der Waals surface area contributed by atoms with Gasteiger partial charge in [0, 0.05) is 18.0 Å². The second-order valence-electron chi connectivity index (χ2n) is 3.87. The van der Waals surface area contributed by atoms with Gasteiger partial charge in [0.25, 0.3) is 5.91 Å². The van der Waals surface area contributed by atoms with Crippen molar-refractivity contribution in [1.82, 2.24) is 5.32 Å². The van der Waals surface area contributed by atoms with Crippen molar-refractivity contribution in [3.8, 4) is 5.75 Å². The molecule has 17 heavy (non-hydrogen) atoms. The highest BCUT2D eigenvalue weighted by atomic mass is 35.5. The molecule has 1 aromatic carbocycles. The van der Waals surface area contributed by atoms with Crippen LogP contribution in [0.1, 0.15) is 30.1 Å². The molecule has 0 saturated carbocycles. The highest BCUT2D eigenvalue weighted by molar-refractivity contribution is 6.17. The van der Waals surface area contributed by atoms with Gasteiger partial charge in [-0.3, -0.25) is 4.79 Å². The van der Waals surface area contributed by atoms with Crippen molar-refractivity contribution in [3.05, 3.63) is 29.6 Å². The van der Waals surface area contributed by atoms with Crippen molar-refractivity contribution < 1.29 is 14.3 Å². The van der Waals surface area contributed by atoms with Gasteiger partial charge in [0.1, 0.15) is 11.6 Å². The molecular formula is C12H15ClFNO2. The average molecular weight is 260 g/mol. The third-order valence-electron chi connectivity index (χ3n) is 2.35. The molecule has 94 valence electrons. The lowest BCUT2D eigenvalue weighted by atomic mass is 10.1. The lowest BCUT2D eigenvalue weighted by Crippen LogP contribution is -2.33. The smallest absolute Gasteiger partial charge is 0.254 e. The third-order valence-corrected chi connectivity index (χ3v) is 2.61. The first-order chi connectivity index (χ1) is 8.04. The molecule has 1 rings (SSSR count). The fourth-order valence-corrected chi connectivity index (χ4v) is 1.60. The van der Waals surface area contributed by atoms with Crippen molar-refractivity contribution in [3.63, 3.8) is 0 Å². The molecule has 0 spiro atoms. The van der Waals surface area contributed by atoms with E-state index in [0.29, 0.717) is 5.88 Å². The number of halogens is 2. The maximum Gasteiger partial charge on any atom is 0.254 e. The molecule has 0 heterocycles. The summed E-state index contributed by atoms with van der Waals surface area (Å²) in [6, 6.07) is 3.39. The zero-order valence-electron chi connectivity index (χ0n) is 9.54. The van der Waals surface area contributed by atoms with Crippen LogP contribution >= 0.6 is 11.6 Å². The minimum Gasteiger partial charge on any atom is -0.508 e. The van der Waals surface area contributed by atoms with Crippen LogP contribution in [0.15, 0.2) is 18.2 Å². The average Bonchev–Trinajstić information content (AvgIpc) is 2.26. The van der Waals surface area contributed by atoms with Crippen LogP contribution in [0.5, 0.6) is 5.75 Å². The summed E-state index contributed by atoms with van der Waals surface area (Å²) in [5.74, 6) is -0.876. The predicted octanol–water partition coefficient (Wildman–Crippen LogP) is 2.67. The molecule has 2 N–H and O–H groups in total. The number of phenols is 1. The molecule has 0 aliphatic rings. The van der Waals surface area contributed by atoms with E-state index in [4.69, 9.17) is 16.7 Å². The molecule has 0 bridgehead atoms. The number of hydrogen-bond acceptors (Lipinski definition) is 2. The number of carbonyl (C=O) groups is 1. The van der Waals surface area contributed by atoms with Crippen LogP contribution in [0.3, 0.4) is 0 Å². The van der Waals surface area contributed by atoms with Crippen LogP contribution in [0.4, 0.5) is 4.39 Å². The number of benzene rings is 1. The zero-order chi connectivity index (χ0) is 12.8. The van der Waals surface area contributed by atoms with E-state index in [1.165, 1.54) is 12.1 Å². The zero-order valence-corrected chi connectivity index (χ0v) is 10.3. The maximum atomic E-state index is 13.4. The topological polar surface area (TPSA) is 49.3 Å². The van der Waals surface area contributed by atoms with Gasteiger partial charge in [0.2, 0.25) is 0 Å². The summed E-state index contributed by atoms with van der Waals surface area (Å²) in [5.41, 5.74) is -0.0690. The second kappa shape index (κ2) is 6.45. The van der Waals surface area contributed by atoms with E-state index in [1.54, 1.807) is 0 Å². The standard InChI is InChI=1S/C12H15ClFNO2/c1-8(3-2-6-13)15-12(17)10-5-4-9(16)7-11(10)14/h4-5,7-8,16H,2-3,6H2,1H3,(H,15,17). The first-order valence-electron chi connectivity index (χ1n) is 5.40. The van der Waals surface area contributed by atoms with Crippen molar-refractivity contribution in [1.29, 1.82) is 0 Å². The Morgan fingerprint density at radius 1 is 1.59 bits per heavy atom. The predicted molar refractivity (Wildman–Crippen MR) is 64.9 cm³/mol. The van der Waals surface area contributed by atoms with Crippen LogP contribution < -0.4 is 5.32 Å². The lowest BCUT2D eigenvalue weighted by Gasteiger charge is -2.13. The van der Waals surface area contributed by atoms with Gasteiger partial charge in [-0.2, -0.15) is 0 Å². The first kappa shape index (κ1) is 13.8. The van der Waals surface area contributed by atoms with Gasteiger partial charge >= 0.3 is 0 Å². The molecule has 0 fully saturated rings. The van der Waals surface area contributed by atoms with Gasteiger partial charge in [-0.05, 0) is 31.9 Å². The first-order valence-corrected chi connectivity index (χ1v) is 5.93. The Balaban J connectivity index is 2.63. The Morgan fingerprint density at radius 3 is 2.88 bits per heavy atom. The minimum atomic E-state index is -0.730. The van der Waals surface area contributed by atoms with E-state index in [1.807, 2.05) is 6.92 Å². The van der Waals surface area contributed by atoms with E-state index in [9.17, 15) is 9.18 Å². The van der Waals surface area contributed by atoms with E-state index in [-0.39, 0.29) is 17.4 Å². The monoisotopic (exact) mass is 259 g/mol. The molecule has 5 heteroatoms. The number of hydrogen-bond donors (Lipinski definition) is 2. The molecule has 1 atom stereocenters. The summed E-state index contributed by atoms with van der Waals surface area (Å²) in [7, 11) is 0. The number of aromatic hydroxyl groups is 1. The molecule has 1 aromatic rings. The minimum absolute atomic E-state index is 0.0607. The molecule has 0 aliphatic heterocycles. The molecule has 0 aliphatic carbocycles. The number of alkyl halides is 1. The van der Waals surface area contributed by atoms with Gasteiger partial charge in [-0.15, -0.1) is 11.6 Å². The highest BCUT2D eigenvalue weighted by Gasteiger charge is 2.14. The number of nitrogens with one attached hydrogen (secondary N) is 1. The van der Waals surface area contributed by atoms with Crippen molar-refractivity contribution >= 4 is 17.5 Å². The number of amides is 1. The molecular weight excluding hydrogens is 245 g/mol. The van der Waals surface area contributed by atoms with E-state index >= 15 is 0 Å². The fourth-order valence-electron chi connectivity index (χ4n) is 1.45. The molecule has 0 aromatic heterocycles. The second-order valence-corrected chi connectivity index (χ2v) is 4.25. The molecule has 1 amide bonds. The van der Waals surface area contributed by atoms with Crippen LogP contribution in [-0.4, -0.2) is 22.9 Å². The van der Waals surface area contributed by atoms with Crippen LogP contribution in [0, 0.1) is 5.82 Å². The highest BCUT2D eigenvalue weighted by Crippen LogP contribution is 2.15. The van der Waals surface area contributed by atoms with Crippen molar-refractivity contribution in [2.24, 2.45) is 0 Å². The Labute approximate surface area is 105 Å². The van der Waals surface area contributed by atoms with Crippen LogP contribution in [-0.2, 0) is 0 Å². The quantitative estimate of drug-likeness (QED) is 0.799. The Hall–Kier alpha value is -1.29. The van der Waals surface area contributed by atoms with Gasteiger partial charge in [-0.25, -0.2) is 4.39 Å². The fraction of sp³-hybridized carbons (Fsp3) is 0.417. The summed E-state index contributed by atoms with van der Waals surface area (Å²) in [4.78, 5) is 11.7.